The molecule has 0 aliphatic heterocycles. The molecule has 0 amide bonds. The number of sulfonamides is 1. The fourth-order valence-electron chi connectivity index (χ4n) is 0.899. The molecule has 0 spiro atoms. The van der Waals surface area contributed by atoms with Gasteiger partial charge in [-0.15, -0.1) is 0 Å². The van der Waals surface area contributed by atoms with E-state index in [1.807, 2.05) is 13.8 Å². The van der Waals surface area contributed by atoms with E-state index >= 15 is 0 Å². The van der Waals surface area contributed by atoms with Crippen molar-refractivity contribution in [1.82, 2.24) is 4.72 Å². The largest absolute Gasteiger partial charge is 0.394 e. The third-order valence-corrected chi connectivity index (χ3v) is 3.19. The topological polar surface area (TPSA) is 75.6 Å². The summed E-state index contributed by atoms with van der Waals surface area (Å²) in [6.07, 6.45) is 0.660. The van der Waals surface area contributed by atoms with Gasteiger partial charge in [0, 0.05) is 6.54 Å². The van der Waals surface area contributed by atoms with Crippen LogP contribution in [0.4, 0.5) is 0 Å². The van der Waals surface area contributed by atoms with E-state index in [0.717, 1.165) is 0 Å². The summed E-state index contributed by atoms with van der Waals surface area (Å²) >= 11 is 0. The third kappa shape index (κ3) is 10.1. The van der Waals surface area contributed by atoms with Crippen LogP contribution in [0.3, 0.4) is 0 Å². The van der Waals surface area contributed by atoms with E-state index in [9.17, 15) is 8.42 Å². The van der Waals surface area contributed by atoms with Gasteiger partial charge in [0.15, 0.2) is 0 Å². The van der Waals surface area contributed by atoms with Crippen molar-refractivity contribution in [2.24, 2.45) is 5.92 Å². The SMILES string of the molecule is CC(C)CCS(=O)(=O)NCCOCCO. The van der Waals surface area contributed by atoms with Crippen LogP contribution in [0.25, 0.3) is 0 Å². The maximum absolute atomic E-state index is 11.4. The molecule has 0 aromatic carbocycles. The van der Waals surface area contributed by atoms with Crippen molar-refractivity contribution in [2.75, 3.05) is 32.1 Å². The minimum Gasteiger partial charge on any atom is -0.394 e. The molecule has 92 valence electrons. The Labute approximate surface area is 91.9 Å². The van der Waals surface area contributed by atoms with Crippen molar-refractivity contribution in [1.29, 1.82) is 0 Å². The first kappa shape index (κ1) is 14.8. The maximum Gasteiger partial charge on any atom is 0.211 e. The quantitative estimate of drug-likeness (QED) is 0.554. The van der Waals surface area contributed by atoms with Crippen molar-refractivity contribution in [2.45, 2.75) is 20.3 Å². The van der Waals surface area contributed by atoms with Gasteiger partial charge in [0.05, 0.1) is 25.6 Å². The van der Waals surface area contributed by atoms with Crippen molar-refractivity contribution >= 4 is 10.0 Å². The smallest absolute Gasteiger partial charge is 0.211 e. The maximum atomic E-state index is 11.4. The number of rotatable bonds is 9. The molecule has 0 bridgehead atoms. The number of hydrogen-bond donors (Lipinski definition) is 2. The summed E-state index contributed by atoms with van der Waals surface area (Å²) in [5.74, 6) is 0.539. The Balaban J connectivity index is 3.56. The Bertz CT molecular complexity index is 238. The molecule has 0 heterocycles. The average molecular weight is 239 g/mol. The fourth-order valence-corrected chi connectivity index (χ4v) is 2.22. The van der Waals surface area contributed by atoms with Crippen molar-refractivity contribution in [3.8, 4) is 0 Å². The Hall–Kier alpha value is -0.170. The number of ether oxygens (including phenoxy) is 1. The summed E-state index contributed by atoms with van der Waals surface area (Å²) in [6.45, 7) is 4.73. The van der Waals surface area contributed by atoms with Gasteiger partial charge in [0.2, 0.25) is 10.0 Å². The van der Waals surface area contributed by atoms with Crippen LogP contribution in [0.15, 0.2) is 0 Å². The minimum atomic E-state index is -3.16. The molecule has 2 N–H and O–H groups in total. The molecule has 0 aliphatic carbocycles. The lowest BCUT2D eigenvalue weighted by Crippen LogP contribution is -2.30. The second-order valence-electron chi connectivity index (χ2n) is 3.73. The zero-order valence-electron chi connectivity index (χ0n) is 9.40. The Kier molecular flexibility index (Phi) is 7.95. The van der Waals surface area contributed by atoms with E-state index in [1.54, 1.807) is 0 Å². The van der Waals surface area contributed by atoms with E-state index in [-0.39, 0.29) is 25.5 Å². The van der Waals surface area contributed by atoms with Gasteiger partial charge in [0.25, 0.3) is 0 Å². The summed E-state index contributed by atoms with van der Waals surface area (Å²) in [4.78, 5) is 0. The van der Waals surface area contributed by atoms with Crippen molar-refractivity contribution in [3.63, 3.8) is 0 Å². The van der Waals surface area contributed by atoms with Crippen LogP contribution < -0.4 is 4.72 Å². The third-order valence-electron chi connectivity index (χ3n) is 1.77. The molecule has 0 aromatic heterocycles. The zero-order valence-corrected chi connectivity index (χ0v) is 10.2. The zero-order chi connectivity index (χ0) is 11.7. The minimum absolute atomic E-state index is 0.0416. The second kappa shape index (κ2) is 8.04. The average Bonchev–Trinajstić information content (AvgIpc) is 2.15. The van der Waals surface area contributed by atoms with Crippen LogP contribution in [-0.2, 0) is 14.8 Å². The van der Waals surface area contributed by atoms with Gasteiger partial charge in [0.1, 0.15) is 0 Å². The summed E-state index contributed by atoms with van der Waals surface area (Å²) in [5, 5.41) is 8.41. The normalized spacial score (nSPS) is 12.3. The van der Waals surface area contributed by atoms with Crippen LogP contribution >= 0.6 is 0 Å². The summed E-state index contributed by atoms with van der Waals surface area (Å²) < 4.78 is 30.1. The number of nitrogens with one attached hydrogen (secondary N) is 1. The van der Waals surface area contributed by atoms with Gasteiger partial charge in [-0.2, -0.15) is 0 Å². The molecule has 0 rings (SSSR count). The predicted molar refractivity (Wildman–Crippen MR) is 59.1 cm³/mol. The molecule has 0 aromatic rings. The molecule has 0 aliphatic rings. The predicted octanol–water partition coefficient (Wildman–Crippen LogP) is -0.0392. The highest BCUT2D eigenvalue weighted by atomic mass is 32.2. The highest BCUT2D eigenvalue weighted by Gasteiger charge is 2.09. The highest BCUT2D eigenvalue weighted by Crippen LogP contribution is 2.01. The number of aliphatic hydroxyl groups is 1. The van der Waals surface area contributed by atoms with Gasteiger partial charge in [-0.05, 0) is 12.3 Å². The molecular weight excluding hydrogens is 218 g/mol. The van der Waals surface area contributed by atoms with Gasteiger partial charge >= 0.3 is 0 Å². The first-order valence-electron chi connectivity index (χ1n) is 5.14. The monoisotopic (exact) mass is 239 g/mol. The van der Waals surface area contributed by atoms with Crippen LogP contribution in [0.1, 0.15) is 20.3 Å². The highest BCUT2D eigenvalue weighted by molar-refractivity contribution is 7.89. The lowest BCUT2D eigenvalue weighted by atomic mass is 10.2. The van der Waals surface area contributed by atoms with Crippen LogP contribution in [-0.4, -0.2) is 45.6 Å². The van der Waals surface area contributed by atoms with Crippen molar-refractivity contribution in [3.05, 3.63) is 0 Å². The van der Waals surface area contributed by atoms with Crippen LogP contribution in [0, 0.1) is 5.92 Å². The van der Waals surface area contributed by atoms with Gasteiger partial charge in [-0.1, -0.05) is 13.8 Å². The number of aliphatic hydroxyl groups excluding tert-OH is 1. The number of hydrogen-bond acceptors (Lipinski definition) is 4. The molecule has 5 nitrogen and oxygen atoms in total. The van der Waals surface area contributed by atoms with Crippen LogP contribution in [0.5, 0.6) is 0 Å². The standard InChI is InChI=1S/C9H21NO4S/c1-9(2)3-8-15(12,13)10-4-6-14-7-5-11/h9-11H,3-8H2,1-2H3. The lowest BCUT2D eigenvalue weighted by molar-refractivity contribution is 0.0961. The fraction of sp³-hybridized carbons (Fsp3) is 1.00. The molecule has 15 heavy (non-hydrogen) atoms. The summed E-state index contributed by atoms with van der Waals surface area (Å²) in [6, 6.07) is 0. The molecule has 6 heteroatoms. The van der Waals surface area contributed by atoms with E-state index < -0.39 is 10.0 Å². The molecule has 0 atom stereocenters. The molecule has 0 radical (unpaired) electrons. The van der Waals surface area contributed by atoms with Crippen LogP contribution in [0.2, 0.25) is 0 Å². The molecule has 0 unspecified atom stereocenters. The van der Waals surface area contributed by atoms with Gasteiger partial charge in [-0.3, -0.25) is 0 Å². The van der Waals surface area contributed by atoms with E-state index in [2.05, 4.69) is 4.72 Å². The van der Waals surface area contributed by atoms with E-state index in [4.69, 9.17) is 9.84 Å². The first-order valence-corrected chi connectivity index (χ1v) is 6.79. The Morgan fingerprint density at radius 3 is 2.53 bits per heavy atom. The Morgan fingerprint density at radius 1 is 1.33 bits per heavy atom. The second-order valence-corrected chi connectivity index (χ2v) is 5.66. The van der Waals surface area contributed by atoms with Gasteiger partial charge in [-0.25, -0.2) is 13.1 Å². The van der Waals surface area contributed by atoms with Gasteiger partial charge < -0.3 is 9.84 Å². The van der Waals surface area contributed by atoms with E-state index in [1.165, 1.54) is 0 Å². The molecule has 0 saturated carbocycles. The lowest BCUT2D eigenvalue weighted by Gasteiger charge is -2.08. The molecule has 0 saturated heterocycles. The Morgan fingerprint density at radius 2 is 2.00 bits per heavy atom. The van der Waals surface area contributed by atoms with Crippen molar-refractivity contribution < 1.29 is 18.3 Å². The first-order chi connectivity index (χ1) is 6.98. The molecular formula is C9H21NO4S. The summed E-state index contributed by atoms with van der Waals surface area (Å²) in [5.41, 5.74) is 0. The molecule has 0 fully saturated rings. The van der Waals surface area contributed by atoms with E-state index in [0.29, 0.717) is 18.9 Å². The summed E-state index contributed by atoms with van der Waals surface area (Å²) in [7, 11) is -3.16.